The Kier molecular flexibility index (Phi) is 4.00. The molecule has 2 aromatic rings. The van der Waals surface area contributed by atoms with Crippen molar-refractivity contribution in [3.63, 3.8) is 0 Å². The number of aromatic carboxylic acids is 1. The lowest BCUT2D eigenvalue weighted by Gasteiger charge is -2.13. The van der Waals surface area contributed by atoms with E-state index < -0.39 is 5.97 Å². The van der Waals surface area contributed by atoms with Gasteiger partial charge < -0.3 is 9.84 Å². The Morgan fingerprint density at radius 3 is 2.84 bits per heavy atom. The molecule has 4 heteroatoms. The van der Waals surface area contributed by atoms with Crippen molar-refractivity contribution < 1.29 is 14.6 Å². The Hall–Kier alpha value is -2.10. The summed E-state index contributed by atoms with van der Waals surface area (Å²) in [4.78, 5) is 15.7. The van der Waals surface area contributed by atoms with Crippen molar-refractivity contribution in [3.05, 3.63) is 36.0 Å². The summed E-state index contributed by atoms with van der Waals surface area (Å²) in [6.07, 6.45) is 2.48. The van der Waals surface area contributed by atoms with E-state index in [2.05, 4.69) is 18.8 Å². The molecule has 0 amide bonds. The van der Waals surface area contributed by atoms with Crippen LogP contribution in [0.3, 0.4) is 0 Å². The third-order valence-corrected chi connectivity index (χ3v) is 3.17. The number of fused-ring (bicyclic) bond motifs is 1. The second kappa shape index (κ2) is 5.69. The van der Waals surface area contributed by atoms with Gasteiger partial charge in [0.2, 0.25) is 0 Å². The molecule has 0 aliphatic heterocycles. The molecule has 0 saturated heterocycles. The average Bonchev–Trinajstić information content (AvgIpc) is 2.43. The number of para-hydroxylation sites is 1. The van der Waals surface area contributed by atoms with Crippen molar-refractivity contribution >= 4 is 16.9 Å². The van der Waals surface area contributed by atoms with Gasteiger partial charge in [-0.3, -0.25) is 4.98 Å². The number of benzene rings is 1. The third-order valence-electron chi connectivity index (χ3n) is 3.17. The molecule has 0 radical (unpaired) electrons. The normalized spacial score (nSPS) is 12.3. The fraction of sp³-hybridized carbons (Fsp3) is 0.333. The number of ether oxygens (including phenoxy) is 1. The van der Waals surface area contributed by atoms with Gasteiger partial charge in [0.1, 0.15) is 5.56 Å². The third kappa shape index (κ3) is 2.84. The number of rotatable bonds is 5. The zero-order valence-electron chi connectivity index (χ0n) is 11.1. The molecule has 0 spiro atoms. The Balaban J connectivity index is 2.43. The van der Waals surface area contributed by atoms with Crippen LogP contribution in [-0.2, 0) is 0 Å². The maximum atomic E-state index is 11.4. The van der Waals surface area contributed by atoms with Gasteiger partial charge in [0.15, 0.2) is 5.75 Å². The van der Waals surface area contributed by atoms with Gasteiger partial charge in [-0.15, -0.1) is 0 Å². The topological polar surface area (TPSA) is 59.4 Å². The van der Waals surface area contributed by atoms with Crippen LogP contribution in [0.4, 0.5) is 0 Å². The first-order chi connectivity index (χ1) is 9.13. The minimum absolute atomic E-state index is 0.189. The number of carboxylic acid groups (broad SMARTS) is 1. The van der Waals surface area contributed by atoms with Crippen LogP contribution in [0.15, 0.2) is 30.5 Å². The van der Waals surface area contributed by atoms with Gasteiger partial charge in [-0.25, -0.2) is 4.79 Å². The molecular weight excluding hydrogens is 242 g/mol. The van der Waals surface area contributed by atoms with Crippen molar-refractivity contribution in [2.75, 3.05) is 6.61 Å². The first kappa shape index (κ1) is 13.3. The highest BCUT2D eigenvalue weighted by atomic mass is 16.5. The van der Waals surface area contributed by atoms with E-state index in [1.54, 1.807) is 18.2 Å². The molecule has 1 unspecified atom stereocenters. The second-order valence-corrected chi connectivity index (χ2v) is 4.64. The summed E-state index contributed by atoms with van der Waals surface area (Å²) < 4.78 is 5.62. The monoisotopic (exact) mass is 259 g/mol. The van der Waals surface area contributed by atoms with E-state index in [0.29, 0.717) is 29.2 Å². The standard InChI is InChI=1S/C15H17NO3/c1-3-10(2)9-19-13-8-16-12-7-5-4-6-11(12)14(13)15(17)18/h4-8,10H,3,9H2,1-2H3,(H,17,18). The van der Waals surface area contributed by atoms with E-state index in [-0.39, 0.29) is 5.56 Å². The molecule has 4 nitrogen and oxygen atoms in total. The predicted molar refractivity (Wildman–Crippen MR) is 73.7 cm³/mol. The van der Waals surface area contributed by atoms with Crippen LogP contribution < -0.4 is 4.74 Å². The Bertz CT molecular complexity index is 595. The molecule has 1 N–H and O–H groups in total. The van der Waals surface area contributed by atoms with Crippen LogP contribution >= 0.6 is 0 Å². The second-order valence-electron chi connectivity index (χ2n) is 4.64. The largest absolute Gasteiger partial charge is 0.491 e. The Morgan fingerprint density at radius 1 is 1.42 bits per heavy atom. The lowest BCUT2D eigenvalue weighted by atomic mass is 10.1. The van der Waals surface area contributed by atoms with Crippen LogP contribution in [0.5, 0.6) is 5.75 Å². The fourth-order valence-electron chi connectivity index (χ4n) is 1.80. The zero-order valence-corrected chi connectivity index (χ0v) is 11.1. The highest BCUT2D eigenvalue weighted by Gasteiger charge is 2.17. The van der Waals surface area contributed by atoms with Gasteiger partial charge in [0.25, 0.3) is 0 Å². The minimum Gasteiger partial charge on any atom is -0.491 e. The first-order valence-electron chi connectivity index (χ1n) is 6.37. The van der Waals surface area contributed by atoms with E-state index in [4.69, 9.17) is 4.74 Å². The van der Waals surface area contributed by atoms with Crippen LogP contribution in [-0.4, -0.2) is 22.7 Å². The minimum atomic E-state index is -0.988. The van der Waals surface area contributed by atoms with E-state index in [9.17, 15) is 9.90 Å². The number of aromatic nitrogens is 1. The summed E-state index contributed by atoms with van der Waals surface area (Å²) in [5.41, 5.74) is 0.852. The average molecular weight is 259 g/mol. The van der Waals surface area contributed by atoms with Gasteiger partial charge in [-0.05, 0) is 12.0 Å². The smallest absolute Gasteiger partial charge is 0.340 e. The van der Waals surface area contributed by atoms with Gasteiger partial charge in [-0.2, -0.15) is 0 Å². The Labute approximate surface area is 112 Å². The summed E-state index contributed by atoms with van der Waals surface area (Å²) in [6.45, 7) is 4.64. The molecule has 1 aromatic heterocycles. The number of hydrogen-bond acceptors (Lipinski definition) is 3. The van der Waals surface area contributed by atoms with E-state index in [1.165, 1.54) is 6.20 Å². The molecule has 1 atom stereocenters. The predicted octanol–water partition coefficient (Wildman–Crippen LogP) is 3.36. The molecule has 100 valence electrons. The van der Waals surface area contributed by atoms with Crippen molar-refractivity contribution in [1.29, 1.82) is 0 Å². The molecule has 2 rings (SSSR count). The maximum Gasteiger partial charge on any atom is 0.340 e. The summed E-state index contributed by atoms with van der Waals surface area (Å²) in [5, 5.41) is 9.99. The van der Waals surface area contributed by atoms with Crippen LogP contribution in [0.1, 0.15) is 30.6 Å². The van der Waals surface area contributed by atoms with E-state index in [1.807, 2.05) is 6.07 Å². The molecular formula is C15H17NO3. The first-order valence-corrected chi connectivity index (χ1v) is 6.37. The molecule has 1 aromatic carbocycles. The number of carboxylic acids is 1. The highest BCUT2D eigenvalue weighted by Crippen LogP contribution is 2.26. The molecule has 0 aliphatic rings. The number of hydrogen-bond donors (Lipinski definition) is 1. The van der Waals surface area contributed by atoms with Gasteiger partial charge in [0.05, 0.1) is 18.3 Å². The van der Waals surface area contributed by atoms with Crippen molar-refractivity contribution in [1.82, 2.24) is 4.98 Å². The van der Waals surface area contributed by atoms with Crippen molar-refractivity contribution in [3.8, 4) is 5.75 Å². The Morgan fingerprint density at radius 2 is 2.16 bits per heavy atom. The van der Waals surface area contributed by atoms with Crippen molar-refractivity contribution in [2.24, 2.45) is 5.92 Å². The maximum absolute atomic E-state index is 11.4. The van der Waals surface area contributed by atoms with Crippen molar-refractivity contribution in [2.45, 2.75) is 20.3 Å². The lowest BCUT2D eigenvalue weighted by molar-refractivity contribution is 0.0693. The highest BCUT2D eigenvalue weighted by molar-refractivity contribution is 6.04. The molecule has 19 heavy (non-hydrogen) atoms. The van der Waals surface area contributed by atoms with Crippen LogP contribution in [0.2, 0.25) is 0 Å². The summed E-state index contributed by atoms with van der Waals surface area (Å²) in [5.74, 6) is -0.266. The summed E-state index contributed by atoms with van der Waals surface area (Å²) in [6, 6.07) is 7.18. The molecule has 0 saturated carbocycles. The SMILES string of the molecule is CCC(C)COc1cnc2ccccc2c1C(=O)O. The number of pyridine rings is 1. The van der Waals surface area contributed by atoms with Gasteiger partial charge >= 0.3 is 5.97 Å². The van der Waals surface area contributed by atoms with Gasteiger partial charge in [0, 0.05) is 5.39 Å². The summed E-state index contributed by atoms with van der Waals surface area (Å²) >= 11 is 0. The molecule has 1 heterocycles. The lowest BCUT2D eigenvalue weighted by Crippen LogP contribution is -2.11. The number of carbonyl (C=O) groups is 1. The molecule has 0 aliphatic carbocycles. The molecule has 0 bridgehead atoms. The zero-order chi connectivity index (χ0) is 13.8. The van der Waals surface area contributed by atoms with Gasteiger partial charge in [-0.1, -0.05) is 38.5 Å². The molecule has 0 fully saturated rings. The fourth-order valence-corrected chi connectivity index (χ4v) is 1.80. The quantitative estimate of drug-likeness (QED) is 0.894. The van der Waals surface area contributed by atoms with E-state index in [0.717, 1.165) is 6.42 Å². The summed E-state index contributed by atoms with van der Waals surface area (Å²) in [7, 11) is 0. The van der Waals surface area contributed by atoms with E-state index >= 15 is 0 Å². The van der Waals surface area contributed by atoms with Crippen LogP contribution in [0.25, 0.3) is 10.9 Å². The van der Waals surface area contributed by atoms with Crippen LogP contribution in [0, 0.1) is 5.92 Å². The number of nitrogens with zero attached hydrogens (tertiary/aromatic N) is 1.